The van der Waals surface area contributed by atoms with Gasteiger partial charge >= 0.3 is 0 Å². The van der Waals surface area contributed by atoms with E-state index < -0.39 is 100 Å². The van der Waals surface area contributed by atoms with Crippen molar-refractivity contribution in [2.45, 2.75) is 188 Å². The van der Waals surface area contributed by atoms with Crippen LogP contribution in [0.25, 0.3) is 55.8 Å². The molecule has 121 heavy (non-hydrogen) atoms. The second kappa shape index (κ2) is 38.2. The summed E-state index contributed by atoms with van der Waals surface area (Å²) in [6, 6.07) is 0.0370. The molecule has 0 unspecified atom stereocenters. The number of aromatic amines is 5. The van der Waals surface area contributed by atoms with E-state index in [2.05, 4.69) is 189 Å². The Hall–Kier alpha value is -6.09. The normalized spacial score (nSPS) is 27.7. The number of fused-ring (bicyclic) bond motifs is 5. The molecule has 666 valence electrons. The molecule has 10 N–H and O–H groups in total. The number of aliphatic hydroxyl groups excluding tert-OH is 5. The van der Waals surface area contributed by atoms with E-state index in [9.17, 15) is 49.5 Å². The predicted octanol–water partition coefficient (Wildman–Crippen LogP) is 7.22. The fourth-order valence-corrected chi connectivity index (χ4v) is 21.9. The number of rotatable bonds is 21. The zero-order chi connectivity index (χ0) is 88.9. The minimum atomic E-state index is -1.21. The lowest BCUT2D eigenvalue weighted by atomic mass is 10.0. The summed E-state index contributed by atoms with van der Waals surface area (Å²) in [5.74, 6) is 2.67. The second-order valence-electron chi connectivity index (χ2n) is 35.8. The van der Waals surface area contributed by atoms with Crippen LogP contribution in [0.3, 0.4) is 0 Å². The predicted molar refractivity (Wildman–Crippen MR) is 496 cm³/mol. The number of H-pyrrole nitrogens is 5. The van der Waals surface area contributed by atoms with Gasteiger partial charge in [-0.05, 0) is 177 Å². The molecule has 4 aliphatic heterocycles. The first-order chi connectivity index (χ1) is 56.4. The summed E-state index contributed by atoms with van der Waals surface area (Å²) in [5.41, 5.74) is 2.27. The SMILES string of the molecule is C=P(C)(C)CC[C@H]1C[C@@H](n2cnc3c(=O)[nH]c(C)nc32)[C@H](Br)[C@@H]1O.C=P(C)(C)CC[C@H]1O[C@@H](n2cnc3c(=O)[nH]c(C)nc32)[C@H](C)[C@@H]1O.C=P(C)(C)CC[C@H]1O[C@@H](n2cnc3c(=O)[nH]c(C)nc32)[C@H](Cl)[C@@H]1O.C=P(C)(C)CC[C@H]1O[C@@H](n2cnc3c(=O)[nH]c(C)nc32)[C@H](Cl)[C@@H]1O.C=P(C)(C)CC[C@H]1O[C@@H](n2cnc3c(=O)[nH]c(C)nc32)[C@H](OC)[C@@H]1O. The number of aryl methyl sites for hydroxylation is 5. The molecule has 0 bridgehead atoms. The number of halogens is 3. The molecule has 20 atom stereocenters. The van der Waals surface area contributed by atoms with Crippen LogP contribution in [0.5, 0.6) is 0 Å². The molecular formula is C78H118BrCl2N20O15P5. The van der Waals surface area contributed by atoms with Crippen molar-refractivity contribution in [3.63, 3.8) is 0 Å². The van der Waals surface area contributed by atoms with Crippen molar-refractivity contribution in [3.05, 3.63) is 113 Å². The van der Waals surface area contributed by atoms with Gasteiger partial charge in [0.1, 0.15) is 70.5 Å². The number of aliphatic hydroxyl groups is 5. The molecule has 1 aliphatic carbocycles. The van der Waals surface area contributed by atoms with Gasteiger partial charge in [0.2, 0.25) is 0 Å². The number of nitrogens with one attached hydrogen (secondary N) is 5. The Bertz CT molecular complexity index is 5390. The lowest BCUT2D eigenvalue weighted by Gasteiger charge is -2.20. The number of aromatic nitrogens is 20. The van der Waals surface area contributed by atoms with Crippen LogP contribution in [0.15, 0.2) is 55.6 Å². The van der Waals surface area contributed by atoms with E-state index in [4.69, 9.17) is 46.9 Å². The summed E-state index contributed by atoms with van der Waals surface area (Å²) < 4.78 is 38.3. The molecule has 0 radical (unpaired) electrons. The van der Waals surface area contributed by atoms with E-state index >= 15 is 0 Å². The molecule has 14 heterocycles. The first kappa shape index (κ1) is 95.6. The van der Waals surface area contributed by atoms with Crippen LogP contribution < -0.4 is 27.8 Å². The molecule has 5 aliphatic rings. The Balaban J connectivity index is 0.000000148. The quantitative estimate of drug-likeness (QED) is 0.0250. The van der Waals surface area contributed by atoms with Crippen LogP contribution in [-0.4, -0.2) is 336 Å². The maximum absolute atomic E-state index is 12.0. The lowest BCUT2D eigenvalue weighted by Crippen LogP contribution is -2.33. The number of imidazole rings is 5. The van der Waals surface area contributed by atoms with Crippen molar-refractivity contribution in [2.75, 3.05) is 105 Å². The molecule has 10 aromatic heterocycles. The first-order valence-electron chi connectivity index (χ1n) is 39.9. The number of methoxy groups -OCH3 is 1. The molecule has 0 aromatic carbocycles. The van der Waals surface area contributed by atoms with Gasteiger partial charge in [-0.15, -0.1) is 89.1 Å². The highest BCUT2D eigenvalue weighted by Gasteiger charge is 2.49. The zero-order valence-corrected chi connectivity index (χ0v) is 79.2. The Morgan fingerprint density at radius 1 is 0.413 bits per heavy atom. The van der Waals surface area contributed by atoms with Gasteiger partial charge in [0.15, 0.2) is 74.5 Å². The summed E-state index contributed by atoms with van der Waals surface area (Å²) >= 11 is 16.5. The van der Waals surface area contributed by atoms with Crippen molar-refractivity contribution in [1.82, 2.24) is 97.6 Å². The average Bonchev–Trinajstić information content (AvgIpc) is 1.64. The number of hydrogen-bond donors (Lipinski definition) is 10. The fourth-order valence-electron chi connectivity index (χ4n) is 15.4. The molecule has 35 nitrogen and oxygen atoms in total. The van der Waals surface area contributed by atoms with Gasteiger partial charge in [0.05, 0.1) is 79.1 Å². The van der Waals surface area contributed by atoms with Crippen molar-refractivity contribution in [2.24, 2.45) is 11.8 Å². The van der Waals surface area contributed by atoms with Crippen LogP contribution in [-0.2, 0) is 23.7 Å². The standard InChI is InChI=1S/C16H24BrN4O2P.C16H25N4O4P.C16H25N4O3P.2C15H22ClN4O3P/c1-9-19-15-13(16(23)20-9)18-8-21(15)11-7-10(14(22)12(11)17)5-6-24(2,3)4;1-9-18-14-11(15(22)19-9)17-8-20(14)16-13(23-2)12(21)10(24-16)6-7-25(3,4)5;1-9-13(21)11(6-7-24(3,4)5)23-16(9)20-8-17-12-14(20)18-10(2)19-15(12)22;2*1-8-18-13-11(14(22)19-8)17-7-20(13)15-10(16)12(21)9(23-15)5-6-24(2,3)4/h8,10-12,14,22H,2,5-7H2,1,3-4H3,(H,19,20,23);8,10,12-13,16,21H,3,6-7H2,1-2,4-5H3,(H,18,19,22);8-9,11,13,16,21H,3,6-7H2,1-2,4-5H3,(H,18,19,22);2*7,9-10,12,15,21H,2,5-6H2,1,3-4H3,(H,18,19,22)/t10-,11+,12-,14+;10-,12-,13-,16-;9-,11-,13+,16-;2*9-,10-,12-,15-/m01111/s1. The highest BCUT2D eigenvalue weighted by atomic mass is 79.9. The van der Waals surface area contributed by atoms with E-state index in [1.165, 1.54) is 26.1 Å². The van der Waals surface area contributed by atoms with Crippen LogP contribution in [0.4, 0.5) is 0 Å². The van der Waals surface area contributed by atoms with Crippen LogP contribution in [0.2, 0.25) is 0 Å². The second-order valence-corrected chi connectivity index (χ2v) is 59.4. The van der Waals surface area contributed by atoms with Crippen LogP contribution >= 0.6 is 73.6 Å². The van der Waals surface area contributed by atoms with Gasteiger partial charge in [-0.2, -0.15) is 0 Å². The van der Waals surface area contributed by atoms with Gasteiger partial charge in [-0.25, -0.2) is 49.8 Å². The smallest absolute Gasteiger partial charge is 0.279 e. The fraction of sp³-hybridized carbons (Fsp3) is 0.615. The highest BCUT2D eigenvalue weighted by molar-refractivity contribution is 9.09. The molecule has 5 fully saturated rings. The molecule has 0 amide bonds. The Labute approximate surface area is 719 Å². The molecule has 0 spiro atoms. The Morgan fingerprint density at radius 3 is 0.983 bits per heavy atom. The minimum absolute atomic E-state index is 0.0370. The van der Waals surface area contributed by atoms with Gasteiger partial charge < -0.3 is 78.7 Å². The molecule has 43 heteroatoms. The average molecular weight is 1880 g/mol. The zero-order valence-electron chi connectivity index (χ0n) is 71.6. The van der Waals surface area contributed by atoms with E-state index in [-0.39, 0.29) is 97.7 Å². The maximum atomic E-state index is 12.0. The molecule has 4 saturated heterocycles. The van der Waals surface area contributed by atoms with Crippen molar-refractivity contribution in [1.29, 1.82) is 0 Å². The summed E-state index contributed by atoms with van der Waals surface area (Å²) in [5, 5.41) is 51.4. The third kappa shape index (κ3) is 22.7. The molecular weight excluding hydrogens is 1760 g/mol. The first-order valence-corrected chi connectivity index (χ1v) is 57.0. The molecule has 1 saturated carbocycles. The van der Waals surface area contributed by atoms with E-state index in [0.29, 0.717) is 87.7 Å². The van der Waals surface area contributed by atoms with Crippen molar-refractivity contribution in [3.8, 4) is 0 Å². The van der Waals surface area contributed by atoms with Crippen molar-refractivity contribution < 1.29 is 49.2 Å². The number of nitrogens with zero attached hydrogens (tertiary/aromatic N) is 15. The summed E-state index contributed by atoms with van der Waals surface area (Å²) in [4.78, 5) is 116. The number of alkyl halides is 3. The van der Waals surface area contributed by atoms with Gasteiger partial charge in [0.25, 0.3) is 27.8 Å². The Morgan fingerprint density at radius 2 is 0.669 bits per heavy atom. The summed E-state index contributed by atoms with van der Waals surface area (Å²) in [6.45, 7) is 26.3. The Kier molecular flexibility index (Phi) is 30.2. The summed E-state index contributed by atoms with van der Waals surface area (Å²) in [7, 11) is 1.54. The van der Waals surface area contributed by atoms with E-state index in [0.717, 1.165) is 50.1 Å². The van der Waals surface area contributed by atoms with Gasteiger partial charge in [0, 0.05) is 13.0 Å². The topological polar surface area (TPSA) is 465 Å². The van der Waals surface area contributed by atoms with E-state index in [1.807, 2.05) is 11.5 Å². The summed E-state index contributed by atoms with van der Waals surface area (Å²) in [6.07, 6.45) is 30.9. The maximum Gasteiger partial charge on any atom is 0.279 e. The monoisotopic (exact) mass is 1880 g/mol. The number of ether oxygens (including phenoxy) is 5. The van der Waals surface area contributed by atoms with E-state index in [1.54, 1.807) is 65.5 Å². The van der Waals surface area contributed by atoms with Gasteiger partial charge in [-0.1, -0.05) is 22.9 Å². The molecule has 15 rings (SSSR count). The minimum Gasteiger partial charge on any atom is -0.392 e. The van der Waals surface area contributed by atoms with Gasteiger partial charge in [-0.3, -0.25) is 42.2 Å². The number of hydrogen-bond acceptors (Lipinski definition) is 25. The van der Waals surface area contributed by atoms with Crippen molar-refractivity contribution >= 4 is 161 Å². The molecule has 10 aromatic rings. The third-order valence-electron chi connectivity index (χ3n) is 22.0. The highest BCUT2D eigenvalue weighted by Crippen LogP contribution is 2.48. The lowest BCUT2D eigenvalue weighted by molar-refractivity contribution is -0.0496. The largest absolute Gasteiger partial charge is 0.392 e. The van der Waals surface area contributed by atoms with Crippen LogP contribution in [0.1, 0.15) is 106 Å². The van der Waals surface area contributed by atoms with Crippen LogP contribution in [0, 0.1) is 46.5 Å². The third-order valence-corrected chi connectivity index (χ3v) is 31.4.